The third kappa shape index (κ3) is 3.28. The minimum absolute atomic E-state index is 0.220. The monoisotopic (exact) mass is 275 g/mol. The van der Waals surface area contributed by atoms with E-state index in [9.17, 15) is 4.79 Å². The molecule has 8 heteroatoms. The average Bonchev–Trinajstić information content (AvgIpc) is 2.85. The van der Waals surface area contributed by atoms with Gasteiger partial charge in [-0.05, 0) is 27.7 Å². The lowest BCUT2D eigenvalue weighted by molar-refractivity contribution is 0.0957. The van der Waals surface area contributed by atoms with Crippen LogP contribution in [0.3, 0.4) is 0 Å². The van der Waals surface area contributed by atoms with Gasteiger partial charge in [-0.2, -0.15) is 0 Å². The van der Waals surface area contributed by atoms with Crippen LogP contribution in [0.25, 0.3) is 0 Å². The summed E-state index contributed by atoms with van der Waals surface area (Å²) in [5.74, 6) is 0.130. The number of amides is 1. The molecule has 0 saturated heterocycles. The highest BCUT2D eigenvalue weighted by molar-refractivity contribution is 5.92. The van der Waals surface area contributed by atoms with Gasteiger partial charge in [-0.3, -0.25) is 15.6 Å². The van der Waals surface area contributed by atoms with E-state index in [1.54, 1.807) is 16.9 Å². The van der Waals surface area contributed by atoms with E-state index in [1.807, 2.05) is 27.7 Å². The molecule has 0 saturated carbocycles. The average molecular weight is 275 g/mol. The molecular formula is C12H17N7O. The summed E-state index contributed by atoms with van der Waals surface area (Å²) in [5.41, 5.74) is 6.03. The molecular weight excluding hydrogens is 258 g/mol. The Morgan fingerprint density at radius 2 is 2.05 bits per heavy atom. The number of hydrogen-bond acceptors (Lipinski definition) is 6. The van der Waals surface area contributed by atoms with Crippen LogP contribution in [-0.2, 0) is 5.54 Å². The number of anilines is 1. The van der Waals surface area contributed by atoms with Gasteiger partial charge in [-0.15, -0.1) is 5.10 Å². The van der Waals surface area contributed by atoms with E-state index >= 15 is 0 Å². The molecule has 0 radical (unpaired) electrons. The van der Waals surface area contributed by atoms with Crippen molar-refractivity contribution in [3.63, 3.8) is 0 Å². The number of hydrogen-bond donors (Lipinski definition) is 2. The van der Waals surface area contributed by atoms with Gasteiger partial charge in [0.15, 0.2) is 5.69 Å². The van der Waals surface area contributed by atoms with Crippen molar-refractivity contribution >= 4 is 11.7 Å². The van der Waals surface area contributed by atoms with Gasteiger partial charge in [0.1, 0.15) is 12.1 Å². The maximum atomic E-state index is 11.9. The molecule has 106 valence electrons. The summed E-state index contributed by atoms with van der Waals surface area (Å²) in [7, 11) is 0. The van der Waals surface area contributed by atoms with Gasteiger partial charge in [-0.1, -0.05) is 5.21 Å². The molecule has 0 aliphatic heterocycles. The molecule has 0 bridgehead atoms. The smallest absolute Gasteiger partial charge is 0.281 e. The Bertz CT molecular complexity index is 614. The molecule has 0 unspecified atom stereocenters. The zero-order chi connectivity index (χ0) is 14.8. The second-order valence-corrected chi connectivity index (χ2v) is 5.34. The predicted octanol–water partition coefficient (Wildman–Crippen LogP) is 0.888. The topological polar surface area (TPSA) is 97.6 Å². The molecule has 0 atom stereocenters. The van der Waals surface area contributed by atoms with Crippen LogP contribution >= 0.6 is 0 Å². The van der Waals surface area contributed by atoms with E-state index in [1.165, 1.54) is 6.33 Å². The van der Waals surface area contributed by atoms with Crippen molar-refractivity contribution in [2.75, 3.05) is 5.43 Å². The number of carbonyl (C=O) groups excluding carboxylic acids is 1. The van der Waals surface area contributed by atoms with Crippen molar-refractivity contribution in [2.24, 2.45) is 0 Å². The minimum Gasteiger partial charge on any atom is -0.281 e. The quantitative estimate of drug-likeness (QED) is 0.807. The summed E-state index contributed by atoms with van der Waals surface area (Å²) in [6.07, 6.45) is 3.02. The fraction of sp³-hybridized carbons (Fsp3) is 0.417. The first-order chi connectivity index (χ1) is 9.36. The largest absolute Gasteiger partial charge is 0.291 e. The van der Waals surface area contributed by atoms with Crippen LogP contribution in [0.15, 0.2) is 18.6 Å². The van der Waals surface area contributed by atoms with E-state index in [-0.39, 0.29) is 17.1 Å². The second kappa shape index (κ2) is 5.24. The Hall–Kier alpha value is -2.51. The van der Waals surface area contributed by atoms with E-state index in [0.29, 0.717) is 5.82 Å². The number of hydrazine groups is 1. The first kappa shape index (κ1) is 13.9. The zero-order valence-electron chi connectivity index (χ0n) is 11.9. The van der Waals surface area contributed by atoms with Crippen LogP contribution < -0.4 is 10.9 Å². The lowest BCUT2D eigenvalue weighted by Crippen LogP contribution is -2.30. The first-order valence-electron chi connectivity index (χ1n) is 6.14. The Kier molecular flexibility index (Phi) is 3.64. The lowest BCUT2D eigenvalue weighted by Gasteiger charge is -2.17. The van der Waals surface area contributed by atoms with Crippen LogP contribution in [0.5, 0.6) is 0 Å². The van der Waals surface area contributed by atoms with E-state index < -0.39 is 0 Å². The molecule has 2 heterocycles. The molecule has 20 heavy (non-hydrogen) atoms. The summed E-state index contributed by atoms with van der Waals surface area (Å²) in [5, 5.41) is 7.77. The van der Waals surface area contributed by atoms with Gasteiger partial charge in [0.2, 0.25) is 0 Å². The summed E-state index contributed by atoms with van der Waals surface area (Å²) in [6.45, 7) is 7.77. The highest BCUT2D eigenvalue weighted by atomic mass is 16.2. The summed E-state index contributed by atoms with van der Waals surface area (Å²) in [4.78, 5) is 19.8. The number of aryl methyl sites for hydroxylation is 1. The van der Waals surface area contributed by atoms with Gasteiger partial charge in [0, 0.05) is 11.8 Å². The van der Waals surface area contributed by atoms with Crippen LogP contribution in [-0.4, -0.2) is 30.9 Å². The summed E-state index contributed by atoms with van der Waals surface area (Å²) in [6, 6.07) is 1.71. The molecule has 2 aromatic heterocycles. The number of carbonyl (C=O) groups is 1. The maximum Gasteiger partial charge on any atom is 0.291 e. The fourth-order valence-corrected chi connectivity index (χ4v) is 1.40. The normalized spacial score (nSPS) is 11.2. The number of nitrogens with one attached hydrogen (secondary N) is 2. The third-order valence-electron chi connectivity index (χ3n) is 2.52. The van der Waals surface area contributed by atoms with E-state index in [4.69, 9.17) is 0 Å². The second-order valence-electron chi connectivity index (χ2n) is 5.34. The third-order valence-corrected chi connectivity index (χ3v) is 2.52. The molecule has 2 N–H and O–H groups in total. The zero-order valence-corrected chi connectivity index (χ0v) is 11.9. The molecule has 8 nitrogen and oxygen atoms in total. The molecule has 0 aliphatic rings. The molecule has 0 fully saturated rings. The van der Waals surface area contributed by atoms with Crippen LogP contribution in [0.4, 0.5) is 5.82 Å². The molecule has 0 aliphatic carbocycles. The maximum absolute atomic E-state index is 11.9. The van der Waals surface area contributed by atoms with Gasteiger partial charge in [0.25, 0.3) is 5.91 Å². The first-order valence-corrected chi connectivity index (χ1v) is 6.14. The molecule has 2 aromatic rings. The van der Waals surface area contributed by atoms with Gasteiger partial charge >= 0.3 is 0 Å². The molecule has 0 spiro atoms. The highest BCUT2D eigenvalue weighted by Gasteiger charge is 2.18. The van der Waals surface area contributed by atoms with Gasteiger partial charge in [-0.25, -0.2) is 14.6 Å². The Labute approximate surface area is 116 Å². The fourth-order valence-electron chi connectivity index (χ4n) is 1.40. The minimum atomic E-state index is -0.378. The van der Waals surface area contributed by atoms with Crippen molar-refractivity contribution in [3.05, 3.63) is 30.0 Å². The van der Waals surface area contributed by atoms with E-state index in [2.05, 4.69) is 31.1 Å². The number of aromatic nitrogens is 5. The Morgan fingerprint density at radius 1 is 1.30 bits per heavy atom. The Morgan fingerprint density at radius 3 is 2.65 bits per heavy atom. The van der Waals surface area contributed by atoms with Crippen LogP contribution in [0.2, 0.25) is 0 Å². The summed E-state index contributed by atoms with van der Waals surface area (Å²) >= 11 is 0. The standard InChI is InChI=1S/C12H17N7O/c1-8-5-10(14-7-13-8)16-17-11(20)9-6-19(18-15-9)12(2,3)4/h5-7H,1-4H3,(H,17,20)(H,13,14,16). The van der Waals surface area contributed by atoms with Crippen molar-refractivity contribution in [1.29, 1.82) is 0 Å². The number of rotatable bonds is 3. The SMILES string of the molecule is Cc1cc(NNC(=O)c2cn(C(C)(C)C)nn2)ncn1. The van der Waals surface area contributed by atoms with Crippen molar-refractivity contribution < 1.29 is 4.79 Å². The van der Waals surface area contributed by atoms with Crippen LogP contribution in [0.1, 0.15) is 37.0 Å². The van der Waals surface area contributed by atoms with Crippen molar-refractivity contribution in [1.82, 2.24) is 30.4 Å². The highest BCUT2D eigenvalue weighted by Crippen LogP contribution is 2.11. The number of nitrogens with zero attached hydrogens (tertiary/aromatic N) is 5. The van der Waals surface area contributed by atoms with Crippen LogP contribution in [0, 0.1) is 6.92 Å². The van der Waals surface area contributed by atoms with E-state index in [0.717, 1.165) is 5.69 Å². The van der Waals surface area contributed by atoms with Crippen molar-refractivity contribution in [2.45, 2.75) is 33.2 Å². The Balaban J connectivity index is 2.00. The molecule has 0 aromatic carbocycles. The molecule has 2 rings (SSSR count). The van der Waals surface area contributed by atoms with Gasteiger partial charge < -0.3 is 0 Å². The summed E-state index contributed by atoms with van der Waals surface area (Å²) < 4.78 is 1.64. The van der Waals surface area contributed by atoms with Crippen molar-refractivity contribution in [3.8, 4) is 0 Å². The lowest BCUT2D eigenvalue weighted by atomic mass is 10.1. The molecule has 1 amide bonds. The van der Waals surface area contributed by atoms with Gasteiger partial charge in [0.05, 0.1) is 11.7 Å². The predicted molar refractivity (Wildman–Crippen MR) is 72.9 cm³/mol.